The van der Waals surface area contributed by atoms with Crippen LogP contribution in [0.3, 0.4) is 0 Å². The van der Waals surface area contributed by atoms with Crippen LogP contribution in [0.5, 0.6) is 0 Å². The van der Waals surface area contributed by atoms with Gasteiger partial charge in [0, 0.05) is 26.9 Å². The minimum absolute atomic E-state index is 0.363. The summed E-state index contributed by atoms with van der Waals surface area (Å²) in [5, 5.41) is 0. The first-order valence-electron chi connectivity index (χ1n) is 3.08. The summed E-state index contributed by atoms with van der Waals surface area (Å²) in [4.78, 5) is 13.4. The second-order valence-electron chi connectivity index (χ2n) is 1.79. The fraction of sp³-hybridized carbons (Fsp3) is 0.667. The van der Waals surface area contributed by atoms with E-state index in [1.165, 1.54) is 20.4 Å². The largest absolute Gasteiger partial charge is 0.356 e. The Hall–Kier alpha value is -0.940. The van der Waals surface area contributed by atoms with E-state index in [0.717, 1.165) is 0 Å². The number of ether oxygens (including phenoxy) is 2. The van der Waals surface area contributed by atoms with Gasteiger partial charge in [-0.2, -0.15) is 0 Å². The van der Waals surface area contributed by atoms with Gasteiger partial charge in [0.1, 0.15) is 0 Å². The summed E-state index contributed by atoms with van der Waals surface area (Å²) in [5.41, 5.74) is 4.74. The first-order chi connectivity index (χ1) is 5.20. The van der Waals surface area contributed by atoms with E-state index in [1.54, 1.807) is 0 Å². The summed E-state index contributed by atoms with van der Waals surface area (Å²) in [5.74, 6) is 0. The SMILES string of the molecule is COC(CC=NC(N)=O)OC. The van der Waals surface area contributed by atoms with Crippen molar-refractivity contribution >= 4 is 12.2 Å². The predicted molar refractivity (Wildman–Crippen MR) is 40.5 cm³/mol. The van der Waals surface area contributed by atoms with Gasteiger partial charge in [-0.15, -0.1) is 0 Å². The van der Waals surface area contributed by atoms with Crippen LogP contribution < -0.4 is 5.73 Å². The van der Waals surface area contributed by atoms with Crippen molar-refractivity contribution < 1.29 is 14.3 Å². The molecule has 0 radical (unpaired) electrons. The predicted octanol–water partition coefficient (Wildman–Crippen LogP) is 0.145. The van der Waals surface area contributed by atoms with Crippen molar-refractivity contribution in [2.75, 3.05) is 14.2 Å². The highest BCUT2D eigenvalue weighted by molar-refractivity contribution is 5.82. The Morgan fingerprint density at radius 1 is 1.64 bits per heavy atom. The molecule has 0 saturated carbocycles. The summed E-state index contributed by atoms with van der Waals surface area (Å²) in [6, 6.07) is -0.712. The van der Waals surface area contributed by atoms with E-state index in [2.05, 4.69) is 4.99 Å². The zero-order valence-electron chi connectivity index (χ0n) is 6.61. The normalized spacial score (nSPS) is 11.2. The van der Waals surface area contributed by atoms with Crippen molar-refractivity contribution in [3.63, 3.8) is 0 Å². The highest BCUT2D eigenvalue weighted by Crippen LogP contribution is 1.93. The van der Waals surface area contributed by atoms with Gasteiger partial charge in [0.15, 0.2) is 6.29 Å². The molecule has 5 nitrogen and oxygen atoms in total. The van der Waals surface area contributed by atoms with Crippen LogP contribution in [0.4, 0.5) is 4.79 Å². The van der Waals surface area contributed by atoms with Crippen LogP contribution in [-0.4, -0.2) is 32.8 Å². The maximum Gasteiger partial charge on any atom is 0.337 e. The number of nitrogens with two attached hydrogens (primary N) is 1. The second kappa shape index (κ2) is 5.82. The number of carbonyl (C=O) groups is 1. The summed E-state index contributed by atoms with van der Waals surface area (Å²) < 4.78 is 9.63. The maximum absolute atomic E-state index is 10.1. The lowest BCUT2D eigenvalue weighted by Gasteiger charge is -2.08. The van der Waals surface area contributed by atoms with E-state index in [1.807, 2.05) is 0 Å². The first-order valence-corrected chi connectivity index (χ1v) is 3.08. The molecule has 0 atom stereocenters. The number of primary amides is 1. The molecule has 0 aliphatic heterocycles. The number of urea groups is 1. The van der Waals surface area contributed by atoms with E-state index < -0.39 is 6.03 Å². The van der Waals surface area contributed by atoms with Gasteiger partial charge in [-0.05, 0) is 0 Å². The molecule has 11 heavy (non-hydrogen) atoms. The molecular weight excluding hydrogens is 148 g/mol. The Bertz CT molecular complexity index is 143. The molecule has 0 aromatic heterocycles. The highest BCUT2D eigenvalue weighted by Gasteiger charge is 2.00. The number of rotatable bonds is 4. The van der Waals surface area contributed by atoms with E-state index in [0.29, 0.717) is 6.42 Å². The van der Waals surface area contributed by atoms with Gasteiger partial charge in [-0.1, -0.05) is 0 Å². The molecule has 0 aromatic carbocycles. The minimum atomic E-state index is -0.712. The molecule has 0 aliphatic carbocycles. The number of hydrogen-bond donors (Lipinski definition) is 1. The molecule has 0 heterocycles. The quantitative estimate of drug-likeness (QED) is 0.469. The molecule has 2 N–H and O–H groups in total. The lowest BCUT2D eigenvalue weighted by atomic mass is 10.4. The van der Waals surface area contributed by atoms with Gasteiger partial charge in [0.25, 0.3) is 0 Å². The summed E-state index contributed by atoms with van der Waals surface area (Å²) in [6.45, 7) is 0. The fourth-order valence-electron chi connectivity index (χ4n) is 0.517. The number of amides is 2. The van der Waals surface area contributed by atoms with E-state index in [9.17, 15) is 4.79 Å². The maximum atomic E-state index is 10.1. The van der Waals surface area contributed by atoms with Crippen LogP contribution in [0.15, 0.2) is 4.99 Å². The Morgan fingerprint density at radius 2 is 2.18 bits per heavy atom. The van der Waals surface area contributed by atoms with Gasteiger partial charge in [-0.3, -0.25) is 0 Å². The smallest absolute Gasteiger partial charge is 0.337 e. The van der Waals surface area contributed by atoms with Crippen LogP contribution in [0.25, 0.3) is 0 Å². The summed E-state index contributed by atoms with van der Waals surface area (Å²) in [6.07, 6.45) is 1.41. The van der Waals surface area contributed by atoms with Crippen LogP contribution in [0.2, 0.25) is 0 Å². The molecule has 5 heteroatoms. The zero-order chi connectivity index (χ0) is 8.69. The molecule has 0 spiro atoms. The van der Waals surface area contributed by atoms with Crippen molar-refractivity contribution in [3.05, 3.63) is 0 Å². The van der Waals surface area contributed by atoms with Crippen molar-refractivity contribution in [1.82, 2.24) is 0 Å². The molecule has 0 unspecified atom stereocenters. The van der Waals surface area contributed by atoms with E-state index in [-0.39, 0.29) is 6.29 Å². The van der Waals surface area contributed by atoms with Crippen molar-refractivity contribution in [2.45, 2.75) is 12.7 Å². The average Bonchev–Trinajstić information content (AvgIpc) is 1.98. The number of carbonyl (C=O) groups excluding carboxylic acids is 1. The van der Waals surface area contributed by atoms with Crippen molar-refractivity contribution in [1.29, 1.82) is 0 Å². The molecule has 2 amide bonds. The van der Waals surface area contributed by atoms with Crippen LogP contribution in [0.1, 0.15) is 6.42 Å². The third-order valence-corrected chi connectivity index (χ3v) is 1.04. The number of hydrogen-bond acceptors (Lipinski definition) is 3. The lowest BCUT2D eigenvalue weighted by molar-refractivity contribution is -0.0951. The third kappa shape index (κ3) is 5.50. The third-order valence-electron chi connectivity index (χ3n) is 1.04. The standard InChI is InChI=1S/C6H12N2O3/c1-10-5(11-2)3-4-8-6(7)9/h4-5H,3H2,1-2H3,(H2,7,9). The van der Waals surface area contributed by atoms with Crippen molar-refractivity contribution in [3.8, 4) is 0 Å². The Labute approximate surface area is 65.2 Å². The summed E-state index contributed by atoms with van der Waals surface area (Å²) >= 11 is 0. The lowest BCUT2D eigenvalue weighted by Crippen LogP contribution is -2.14. The number of aliphatic imine (C=N–C) groups is 1. The fourth-order valence-corrected chi connectivity index (χ4v) is 0.517. The Kier molecular flexibility index (Phi) is 5.32. The van der Waals surface area contributed by atoms with E-state index in [4.69, 9.17) is 15.2 Å². The van der Waals surface area contributed by atoms with Gasteiger partial charge in [-0.25, -0.2) is 9.79 Å². The zero-order valence-corrected chi connectivity index (χ0v) is 6.61. The first kappa shape index (κ1) is 10.1. The Morgan fingerprint density at radius 3 is 2.55 bits per heavy atom. The monoisotopic (exact) mass is 160 g/mol. The number of nitrogens with zero attached hydrogens (tertiary/aromatic N) is 1. The topological polar surface area (TPSA) is 73.9 Å². The van der Waals surface area contributed by atoms with Gasteiger partial charge < -0.3 is 15.2 Å². The van der Waals surface area contributed by atoms with Crippen LogP contribution >= 0.6 is 0 Å². The number of methoxy groups -OCH3 is 2. The van der Waals surface area contributed by atoms with E-state index >= 15 is 0 Å². The van der Waals surface area contributed by atoms with Gasteiger partial charge in [0.05, 0.1) is 0 Å². The second-order valence-corrected chi connectivity index (χ2v) is 1.79. The van der Waals surface area contributed by atoms with Gasteiger partial charge >= 0.3 is 6.03 Å². The molecule has 0 saturated heterocycles. The Balaban J connectivity index is 3.57. The van der Waals surface area contributed by atoms with Gasteiger partial charge in [0.2, 0.25) is 0 Å². The van der Waals surface area contributed by atoms with Crippen LogP contribution in [-0.2, 0) is 9.47 Å². The molecule has 0 rings (SSSR count). The molecule has 64 valence electrons. The molecule has 0 bridgehead atoms. The van der Waals surface area contributed by atoms with Crippen LogP contribution in [0, 0.1) is 0 Å². The molecule has 0 fully saturated rings. The summed E-state index contributed by atoms with van der Waals surface area (Å²) in [7, 11) is 3.01. The van der Waals surface area contributed by atoms with Crippen molar-refractivity contribution in [2.24, 2.45) is 10.7 Å². The molecular formula is C6H12N2O3. The average molecular weight is 160 g/mol. The molecule has 0 aliphatic rings. The minimum Gasteiger partial charge on any atom is -0.356 e. The molecule has 0 aromatic rings. The highest BCUT2D eigenvalue weighted by atomic mass is 16.7.